The summed E-state index contributed by atoms with van der Waals surface area (Å²) in [4.78, 5) is 4.47. The van der Waals surface area contributed by atoms with E-state index in [4.69, 9.17) is 0 Å². The highest BCUT2D eigenvalue weighted by atomic mass is 32.2. The van der Waals surface area contributed by atoms with Crippen LogP contribution in [-0.4, -0.2) is 42.4 Å². The normalized spacial score (nSPS) is 36.2. The van der Waals surface area contributed by atoms with Crippen molar-refractivity contribution in [1.29, 1.82) is 0 Å². The summed E-state index contributed by atoms with van der Waals surface area (Å²) < 4.78 is 23.0. The molecule has 0 radical (unpaired) electrons. The van der Waals surface area contributed by atoms with E-state index in [2.05, 4.69) is 24.2 Å². The number of thioether (sulfide) groups is 1. The van der Waals surface area contributed by atoms with Gasteiger partial charge in [-0.1, -0.05) is 25.6 Å². The summed E-state index contributed by atoms with van der Waals surface area (Å²) in [6.45, 7) is 7.20. The van der Waals surface area contributed by atoms with Crippen LogP contribution in [0.3, 0.4) is 0 Å². The van der Waals surface area contributed by atoms with Crippen LogP contribution in [0.4, 0.5) is 0 Å². The second-order valence-corrected chi connectivity index (χ2v) is 8.99. The van der Waals surface area contributed by atoms with Gasteiger partial charge in [0, 0.05) is 5.25 Å². The van der Waals surface area contributed by atoms with Gasteiger partial charge in [-0.25, -0.2) is 8.42 Å². The van der Waals surface area contributed by atoms with E-state index in [9.17, 15) is 8.42 Å². The van der Waals surface area contributed by atoms with Crippen molar-refractivity contribution in [2.24, 2.45) is 10.9 Å². The summed E-state index contributed by atoms with van der Waals surface area (Å²) in [5, 5.41) is 4.78. The molecule has 2 aliphatic rings. The molecule has 98 valence electrons. The first kappa shape index (κ1) is 13.2. The molecule has 17 heavy (non-hydrogen) atoms. The number of hydrogen-bond donors (Lipinski definition) is 1. The topological polar surface area (TPSA) is 58.5 Å². The summed E-state index contributed by atoms with van der Waals surface area (Å²) in [5.74, 6) is 1.12. The first-order valence-electron chi connectivity index (χ1n) is 5.99. The van der Waals surface area contributed by atoms with Crippen LogP contribution in [0.15, 0.2) is 4.99 Å². The highest BCUT2D eigenvalue weighted by Gasteiger charge is 2.40. The van der Waals surface area contributed by atoms with Crippen LogP contribution in [0.2, 0.25) is 0 Å². The fourth-order valence-corrected chi connectivity index (χ4v) is 5.43. The summed E-state index contributed by atoms with van der Waals surface area (Å²) in [7, 11) is -2.85. The first-order valence-corrected chi connectivity index (χ1v) is 8.69. The predicted molar refractivity (Wildman–Crippen MR) is 73.3 cm³/mol. The number of amidine groups is 1. The SMILES string of the molecule is CC(C)C1CN=C(NC2(C)CCS(=O)(=O)C2)S1. The molecule has 1 fully saturated rings. The molecule has 2 rings (SSSR count). The van der Waals surface area contributed by atoms with Gasteiger partial charge in [0.15, 0.2) is 15.0 Å². The fraction of sp³-hybridized carbons (Fsp3) is 0.909. The van der Waals surface area contributed by atoms with Gasteiger partial charge >= 0.3 is 0 Å². The lowest BCUT2D eigenvalue weighted by atomic mass is 10.0. The summed E-state index contributed by atoms with van der Waals surface area (Å²) in [6, 6.07) is 0. The number of nitrogens with zero attached hydrogens (tertiary/aromatic N) is 1. The zero-order valence-corrected chi connectivity index (χ0v) is 12.2. The van der Waals surface area contributed by atoms with E-state index in [0.29, 0.717) is 23.3 Å². The Morgan fingerprint density at radius 1 is 1.53 bits per heavy atom. The van der Waals surface area contributed by atoms with E-state index in [1.54, 1.807) is 11.8 Å². The fourth-order valence-electron chi connectivity index (χ4n) is 2.17. The highest BCUT2D eigenvalue weighted by molar-refractivity contribution is 8.14. The third-order valence-corrected chi connectivity index (χ3v) is 6.69. The Morgan fingerprint density at radius 3 is 2.71 bits per heavy atom. The van der Waals surface area contributed by atoms with E-state index < -0.39 is 9.84 Å². The Morgan fingerprint density at radius 2 is 2.24 bits per heavy atom. The van der Waals surface area contributed by atoms with Gasteiger partial charge in [0.1, 0.15) is 0 Å². The van der Waals surface area contributed by atoms with Gasteiger partial charge in [-0.3, -0.25) is 4.99 Å². The molecule has 2 heterocycles. The van der Waals surface area contributed by atoms with Crippen molar-refractivity contribution < 1.29 is 8.42 Å². The van der Waals surface area contributed by atoms with Crippen LogP contribution in [0.1, 0.15) is 27.2 Å². The molecule has 0 spiro atoms. The predicted octanol–water partition coefficient (Wildman–Crippen LogP) is 1.28. The maximum atomic E-state index is 11.5. The summed E-state index contributed by atoms with van der Waals surface area (Å²) >= 11 is 1.75. The van der Waals surface area contributed by atoms with Gasteiger partial charge < -0.3 is 5.32 Å². The van der Waals surface area contributed by atoms with Crippen molar-refractivity contribution in [3.63, 3.8) is 0 Å². The quantitative estimate of drug-likeness (QED) is 0.825. The Labute approximate surface area is 108 Å². The van der Waals surface area contributed by atoms with E-state index in [0.717, 1.165) is 11.7 Å². The minimum absolute atomic E-state index is 0.228. The zero-order chi connectivity index (χ0) is 12.7. The average Bonchev–Trinajstić information content (AvgIpc) is 2.72. The van der Waals surface area contributed by atoms with Crippen LogP contribution in [0, 0.1) is 5.92 Å². The van der Waals surface area contributed by atoms with Gasteiger partial charge in [-0.05, 0) is 19.3 Å². The summed E-state index contributed by atoms with van der Waals surface area (Å²) in [6.07, 6.45) is 0.682. The maximum Gasteiger partial charge on any atom is 0.157 e. The molecule has 6 heteroatoms. The standard InChI is InChI=1S/C11H20N2O2S2/c1-8(2)9-6-12-10(16-9)13-11(3)4-5-17(14,15)7-11/h8-9H,4-7H2,1-3H3,(H,12,13). The summed E-state index contributed by atoms with van der Waals surface area (Å²) in [5.41, 5.74) is -0.323. The highest BCUT2D eigenvalue weighted by Crippen LogP contribution is 2.29. The monoisotopic (exact) mass is 276 g/mol. The molecule has 2 aliphatic heterocycles. The van der Waals surface area contributed by atoms with Crippen molar-refractivity contribution in [3.8, 4) is 0 Å². The lowest BCUT2D eigenvalue weighted by Crippen LogP contribution is -2.45. The van der Waals surface area contributed by atoms with Gasteiger partial charge in [0.2, 0.25) is 0 Å². The largest absolute Gasteiger partial charge is 0.359 e. The first-order chi connectivity index (χ1) is 7.80. The molecule has 1 N–H and O–H groups in total. The molecule has 4 nitrogen and oxygen atoms in total. The van der Waals surface area contributed by atoms with Gasteiger partial charge in [0.25, 0.3) is 0 Å². The average molecular weight is 276 g/mol. The van der Waals surface area contributed by atoms with E-state index in [1.807, 2.05) is 6.92 Å². The van der Waals surface area contributed by atoms with Crippen molar-refractivity contribution in [3.05, 3.63) is 0 Å². The van der Waals surface area contributed by atoms with E-state index >= 15 is 0 Å². The smallest absolute Gasteiger partial charge is 0.157 e. The number of rotatable bonds is 2. The molecule has 0 amide bonds. The Balaban J connectivity index is 1.95. The van der Waals surface area contributed by atoms with Gasteiger partial charge in [0.05, 0.1) is 23.6 Å². The Bertz CT molecular complexity index is 431. The van der Waals surface area contributed by atoms with Crippen molar-refractivity contribution in [2.45, 2.75) is 38.0 Å². The second-order valence-electron chi connectivity index (χ2n) is 5.57. The Hall–Kier alpha value is -0.230. The van der Waals surface area contributed by atoms with Gasteiger partial charge in [-0.2, -0.15) is 0 Å². The van der Waals surface area contributed by atoms with E-state index in [-0.39, 0.29) is 11.3 Å². The molecule has 0 aromatic carbocycles. The zero-order valence-electron chi connectivity index (χ0n) is 10.6. The maximum absolute atomic E-state index is 11.5. The van der Waals surface area contributed by atoms with Crippen LogP contribution in [0.25, 0.3) is 0 Å². The molecule has 0 aliphatic carbocycles. The Kier molecular flexibility index (Phi) is 3.47. The van der Waals surface area contributed by atoms with Crippen molar-refractivity contribution in [1.82, 2.24) is 5.32 Å². The molecule has 2 unspecified atom stereocenters. The molecule has 0 aromatic rings. The number of sulfone groups is 1. The van der Waals surface area contributed by atoms with Crippen LogP contribution in [-0.2, 0) is 9.84 Å². The molecule has 0 aromatic heterocycles. The molecular formula is C11H20N2O2S2. The molecule has 2 atom stereocenters. The number of aliphatic imine (C=N–C) groups is 1. The molecular weight excluding hydrogens is 256 g/mol. The molecule has 0 bridgehead atoms. The minimum Gasteiger partial charge on any atom is -0.359 e. The van der Waals surface area contributed by atoms with Gasteiger partial charge in [-0.15, -0.1) is 0 Å². The van der Waals surface area contributed by atoms with Crippen LogP contribution >= 0.6 is 11.8 Å². The minimum atomic E-state index is -2.85. The third kappa shape index (κ3) is 3.16. The van der Waals surface area contributed by atoms with E-state index in [1.165, 1.54) is 0 Å². The van der Waals surface area contributed by atoms with Crippen molar-refractivity contribution >= 4 is 26.8 Å². The third-order valence-electron chi connectivity index (χ3n) is 3.33. The number of nitrogens with one attached hydrogen (secondary N) is 1. The lowest BCUT2D eigenvalue weighted by molar-refractivity contribution is 0.475. The van der Waals surface area contributed by atoms with Crippen LogP contribution < -0.4 is 5.32 Å². The number of hydrogen-bond acceptors (Lipinski definition) is 5. The lowest BCUT2D eigenvalue weighted by Gasteiger charge is -2.25. The molecule has 1 saturated heterocycles. The van der Waals surface area contributed by atoms with Crippen molar-refractivity contribution in [2.75, 3.05) is 18.1 Å². The molecule has 0 saturated carbocycles. The second kappa shape index (κ2) is 4.46. The van der Waals surface area contributed by atoms with Crippen LogP contribution in [0.5, 0.6) is 0 Å².